The van der Waals surface area contributed by atoms with Crippen LogP contribution in [0.15, 0.2) is 53.4 Å². The van der Waals surface area contributed by atoms with E-state index in [-0.39, 0.29) is 30.2 Å². The van der Waals surface area contributed by atoms with Gasteiger partial charge in [0.05, 0.1) is 35.8 Å². The van der Waals surface area contributed by atoms with E-state index in [1.807, 2.05) is 6.07 Å². The van der Waals surface area contributed by atoms with Crippen molar-refractivity contribution in [2.24, 2.45) is 0 Å². The molecule has 10 heteroatoms. The van der Waals surface area contributed by atoms with Gasteiger partial charge in [-0.05, 0) is 42.0 Å². The van der Waals surface area contributed by atoms with Crippen molar-refractivity contribution in [2.45, 2.75) is 30.9 Å². The highest BCUT2D eigenvalue weighted by atomic mass is 32.2. The zero-order valence-corrected chi connectivity index (χ0v) is 17.7. The van der Waals surface area contributed by atoms with Crippen LogP contribution in [0.4, 0.5) is 14.5 Å². The number of anilines is 1. The van der Waals surface area contributed by atoms with E-state index in [4.69, 9.17) is 5.26 Å². The third-order valence-electron chi connectivity index (χ3n) is 4.44. The Morgan fingerprint density at radius 1 is 1.13 bits per heavy atom. The fraction of sp³-hybridized carbons (Fsp3) is 0.333. The van der Waals surface area contributed by atoms with Gasteiger partial charge in [-0.15, -0.1) is 0 Å². The Labute approximate surface area is 179 Å². The van der Waals surface area contributed by atoms with Gasteiger partial charge >= 0.3 is 6.61 Å². The molecule has 0 aliphatic heterocycles. The lowest BCUT2D eigenvalue weighted by Gasteiger charge is -2.17. The van der Waals surface area contributed by atoms with E-state index in [0.29, 0.717) is 16.8 Å². The Bertz CT molecular complexity index is 1000. The molecule has 2 rings (SSSR count). The monoisotopic (exact) mass is 451 g/mol. The highest BCUT2D eigenvalue weighted by Crippen LogP contribution is 2.21. The molecule has 1 amide bonds. The summed E-state index contributed by atoms with van der Waals surface area (Å²) < 4.78 is 51.9. The molecule has 31 heavy (non-hydrogen) atoms. The second-order valence-corrected chi connectivity index (χ2v) is 8.77. The maximum absolute atomic E-state index is 12.6. The van der Waals surface area contributed by atoms with Crippen molar-refractivity contribution < 1.29 is 26.7 Å². The number of nitrogens with one attached hydrogen (secondary N) is 2. The SMILES string of the molecule is CCS(=O)(=O)c1ccc([C@H](CC#N)NC(=O)c2ccc(NCCOC(F)F)cc2)cc1. The van der Waals surface area contributed by atoms with Crippen molar-refractivity contribution in [3.63, 3.8) is 0 Å². The summed E-state index contributed by atoms with van der Waals surface area (Å²) in [5, 5.41) is 14.8. The van der Waals surface area contributed by atoms with Gasteiger partial charge in [0.15, 0.2) is 9.84 Å². The normalized spacial score (nSPS) is 12.2. The van der Waals surface area contributed by atoms with Crippen LogP contribution in [-0.4, -0.2) is 39.8 Å². The maximum Gasteiger partial charge on any atom is 0.345 e. The Kier molecular flexibility index (Phi) is 8.90. The van der Waals surface area contributed by atoms with Gasteiger partial charge in [0.25, 0.3) is 5.91 Å². The number of benzene rings is 2. The summed E-state index contributed by atoms with van der Waals surface area (Å²) in [5.41, 5.74) is 1.60. The highest BCUT2D eigenvalue weighted by molar-refractivity contribution is 7.91. The van der Waals surface area contributed by atoms with E-state index in [1.165, 1.54) is 12.1 Å². The number of ether oxygens (including phenoxy) is 1. The first-order chi connectivity index (χ1) is 14.8. The number of hydrogen-bond donors (Lipinski definition) is 2. The number of nitriles is 1. The van der Waals surface area contributed by atoms with Crippen LogP contribution < -0.4 is 10.6 Å². The fourth-order valence-corrected chi connectivity index (χ4v) is 3.63. The molecule has 0 saturated carbocycles. The molecule has 0 heterocycles. The molecule has 166 valence electrons. The Balaban J connectivity index is 2.03. The Hall–Kier alpha value is -3.03. The second-order valence-electron chi connectivity index (χ2n) is 6.50. The average molecular weight is 451 g/mol. The van der Waals surface area contributed by atoms with E-state index in [0.717, 1.165) is 0 Å². The second kappa shape index (κ2) is 11.4. The van der Waals surface area contributed by atoms with Crippen LogP contribution in [-0.2, 0) is 14.6 Å². The van der Waals surface area contributed by atoms with Crippen LogP contribution in [0.5, 0.6) is 0 Å². The molecule has 7 nitrogen and oxygen atoms in total. The Morgan fingerprint density at radius 2 is 1.77 bits per heavy atom. The number of amides is 1. The topological polar surface area (TPSA) is 108 Å². The molecule has 2 N–H and O–H groups in total. The standard InChI is InChI=1S/C21H23F2N3O4S/c1-2-31(28,29)18-9-5-15(6-10-18)19(11-12-24)26-20(27)16-3-7-17(8-4-16)25-13-14-30-21(22)23/h3-10,19,21,25H,2,11,13-14H2,1H3,(H,26,27)/t19-/m0/s1. The molecule has 1 atom stereocenters. The number of hydrogen-bond acceptors (Lipinski definition) is 6. The maximum atomic E-state index is 12.6. The van der Waals surface area contributed by atoms with Crippen molar-refractivity contribution in [2.75, 3.05) is 24.2 Å². The molecule has 0 fully saturated rings. The lowest BCUT2D eigenvalue weighted by atomic mass is 10.0. The van der Waals surface area contributed by atoms with Crippen molar-refractivity contribution in [3.8, 4) is 6.07 Å². The fourth-order valence-electron chi connectivity index (χ4n) is 2.74. The predicted molar refractivity (Wildman–Crippen MR) is 111 cm³/mol. The summed E-state index contributed by atoms with van der Waals surface area (Å²) in [7, 11) is -3.34. The molecule has 2 aromatic rings. The average Bonchev–Trinajstić information content (AvgIpc) is 2.76. The summed E-state index contributed by atoms with van der Waals surface area (Å²) in [6, 6.07) is 13.9. The molecule has 0 saturated heterocycles. The lowest BCUT2D eigenvalue weighted by molar-refractivity contribution is -0.125. The van der Waals surface area contributed by atoms with E-state index in [9.17, 15) is 22.0 Å². The van der Waals surface area contributed by atoms with Gasteiger partial charge in [-0.3, -0.25) is 4.79 Å². The number of sulfone groups is 1. The zero-order valence-electron chi connectivity index (χ0n) is 16.8. The molecule has 0 aliphatic carbocycles. The van der Waals surface area contributed by atoms with Crippen molar-refractivity contribution in [1.29, 1.82) is 5.26 Å². The van der Waals surface area contributed by atoms with E-state index in [1.54, 1.807) is 43.3 Å². The molecule has 2 aromatic carbocycles. The molecular formula is C21H23F2N3O4S. The van der Waals surface area contributed by atoms with Gasteiger partial charge in [-0.25, -0.2) is 8.42 Å². The van der Waals surface area contributed by atoms with Gasteiger partial charge in [0, 0.05) is 17.8 Å². The lowest BCUT2D eigenvalue weighted by Crippen LogP contribution is -2.28. The Morgan fingerprint density at radius 3 is 2.32 bits per heavy atom. The minimum Gasteiger partial charge on any atom is -0.383 e. The molecular weight excluding hydrogens is 428 g/mol. The summed E-state index contributed by atoms with van der Waals surface area (Å²) >= 11 is 0. The number of nitrogens with zero attached hydrogens (tertiary/aromatic N) is 1. The number of alkyl halides is 2. The van der Waals surface area contributed by atoms with Crippen molar-refractivity contribution in [1.82, 2.24) is 5.32 Å². The van der Waals surface area contributed by atoms with Crippen LogP contribution in [0.2, 0.25) is 0 Å². The van der Waals surface area contributed by atoms with Gasteiger partial charge in [-0.2, -0.15) is 14.0 Å². The number of rotatable bonds is 11. The van der Waals surface area contributed by atoms with Gasteiger partial charge in [-0.1, -0.05) is 19.1 Å². The zero-order chi connectivity index (χ0) is 22.9. The molecule has 0 aliphatic rings. The van der Waals surface area contributed by atoms with Crippen LogP contribution in [0.25, 0.3) is 0 Å². The molecule has 0 radical (unpaired) electrons. The van der Waals surface area contributed by atoms with Crippen LogP contribution >= 0.6 is 0 Å². The first kappa shape index (κ1) is 24.2. The summed E-state index contributed by atoms with van der Waals surface area (Å²) in [6.07, 6.45) is 0.00932. The smallest absolute Gasteiger partial charge is 0.345 e. The molecule has 0 unspecified atom stereocenters. The van der Waals surface area contributed by atoms with Gasteiger partial charge < -0.3 is 15.4 Å². The summed E-state index contributed by atoms with van der Waals surface area (Å²) in [4.78, 5) is 12.8. The first-order valence-corrected chi connectivity index (χ1v) is 11.2. The third kappa shape index (κ3) is 7.31. The van der Waals surface area contributed by atoms with Crippen molar-refractivity contribution >= 4 is 21.4 Å². The number of carbonyl (C=O) groups is 1. The quantitative estimate of drug-likeness (QED) is 0.506. The van der Waals surface area contributed by atoms with Crippen LogP contribution in [0.3, 0.4) is 0 Å². The van der Waals surface area contributed by atoms with Gasteiger partial charge in [0.2, 0.25) is 0 Å². The summed E-state index contributed by atoms with van der Waals surface area (Å²) in [5.74, 6) is -0.424. The number of carbonyl (C=O) groups excluding carboxylic acids is 1. The van der Waals surface area contributed by atoms with E-state index in [2.05, 4.69) is 15.4 Å². The minimum absolute atomic E-state index is 0.00932. The highest BCUT2D eigenvalue weighted by Gasteiger charge is 2.17. The summed E-state index contributed by atoms with van der Waals surface area (Å²) in [6.45, 7) is -1.24. The first-order valence-electron chi connectivity index (χ1n) is 9.51. The van der Waals surface area contributed by atoms with Gasteiger partial charge in [0.1, 0.15) is 0 Å². The van der Waals surface area contributed by atoms with E-state index < -0.39 is 28.4 Å². The van der Waals surface area contributed by atoms with E-state index >= 15 is 0 Å². The minimum atomic E-state index is -3.34. The largest absolute Gasteiger partial charge is 0.383 e. The predicted octanol–water partition coefficient (Wildman–Crippen LogP) is 3.52. The molecule has 0 aromatic heterocycles. The van der Waals surface area contributed by atoms with Crippen LogP contribution in [0.1, 0.15) is 35.3 Å². The van der Waals surface area contributed by atoms with Crippen LogP contribution in [0, 0.1) is 11.3 Å². The van der Waals surface area contributed by atoms with Crippen molar-refractivity contribution in [3.05, 3.63) is 59.7 Å². The molecule has 0 spiro atoms. The third-order valence-corrected chi connectivity index (χ3v) is 6.19. The molecule has 0 bridgehead atoms. The number of halogens is 2.